The summed E-state index contributed by atoms with van der Waals surface area (Å²) in [6.07, 6.45) is -2.76. The summed E-state index contributed by atoms with van der Waals surface area (Å²) < 4.78 is 37.6. The summed E-state index contributed by atoms with van der Waals surface area (Å²) in [6, 6.07) is 10.7. The second-order valence-corrected chi connectivity index (χ2v) is 5.72. The van der Waals surface area contributed by atoms with Gasteiger partial charge in [0.2, 0.25) is 5.91 Å². The molecule has 1 aliphatic rings. The maximum Gasteiger partial charge on any atom is 0.392 e. The number of amides is 1. The highest BCUT2D eigenvalue weighted by atomic mass is 19.4. The number of nitrogens with one attached hydrogen (secondary N) is 1. The monoisotopic (exact) mass is 320 g/mol. The first-order valence-corrected chi connectivity index (χ1v) is 7.26. The van der Waals surface area contributed by atoms with E-state index in [-0.39, 0.29) is 6.42 Å². The van der Waals surface area contributed by atoms with Crippen LogP contribution in [0.1, 0.15) is 12.0 Å². The van der Waals surface area contributed by atoms with Gasteiger partial charge in [-0.2, -0.15) is 13.2 Å². The molecule has 6 heteroatoms. The zero-order valence-electron chi connectivity index (χ0n) is 12.4. The average Bonchev–Trinajstić information content (AvgIpc) is 3.31. The maximum absolute atomic E-state index is 12.5. The van der Waals surface area contributed by atoms with E-state index in [9.17, 15) is 18.0 Å². The molecule has 1 saturated carbocycles. The number of pyridine rings is 1. The minimum Gasteiger partial charge on any atom is -0.326 e. The van der Waals surface area contributed by atoms with Crippen molar-refractivity contribution < 1.29 is 18.0 Å². The number of benzene rings is 1. The topological polar surface area (TPSA) is 42.0 Å². The Morgan fingerprint density at radius 3 is 2.65 bits per heavy atom. The van der Waals surface area contributed by atoms with E-state index in [1.165, 1.54) is 0 Å². The average molecular weight is 320 g/mol. The highest BCUT2D eigenvalue weighted by Gasteiger charge is 2.58. The molecule has 0 bridgehead atoms. The molecular formula is C17H15F3N2O. The maximum atomic E-state index is 12.5. The van der Waals surface area contributed by atoms with Gasteiger partial charge < -0.3 is 5.32 Å². The second kappa shape index (κ2) is 5.68. The van der Waals surface area contributed by atoms with Crippen LogP contribution in [0.2, 0.25) is 0 Å². The second-order valence-electron chi connectivity index (χ2n) is 5.72. The van der Waals surface area contributed by atoms with Gasteiger partial charge >= 0.3 is 6.18 Å². The van der Waals surface area contributed by atoms with Crippen LogP contribution in [-0.4, -0.2) is 17.1 Å². The Balaban J connectivity index is 1.76. The number of hydrogen-bond acceptors (Lipinski definition) is 2. The van der Waals surface area contributed by atoms with E-state index >= 15 is 0 Å². The number of hydrogen-bond donors (Lipinski definition) is 1. The van der Waals surface area contributed by atoms with Crippen LogP contribution in [0.4, 0.5) is 18.9 Å². The van der Waals surface area contributed by atoms with Crippen LogP contribution in [0.25, 0.3) is 11.3 Å². The van der Waals surface area contributed by atoms with Gasteiger partial charge in [0.05, 0.1) is 17.5 Å². The number of alkyl halides is 3. The third kappa shape index (κ3) is 3.36. The summed E-state index contributed by atoms with van der Waals surface area (Å²) >= 11 is 0. The van der Waals surface area contributed by atoms with Gasteiger partial charge in [-0.25, -0.2) is 0 Å². The van der Waals surface area contributed by atoms with Crippen LogP contribution in [0.3, 0.4) is 0 Å². The molecule has 23 heavy (non-hydrogen) atoms. The van der Waals surface area contributed by atoms with Gasteiger partial charge in [0, 0.05) is 17.4 Å². The summed E-state index contributed by atoms with van der Waals surface area (Å²) in [7, 11) is 0. The van der Waals surface area contributed by atoms with Crippen LogP contribution in [0.5, 0.6) is 0 Å². The van der Waals surface area contributed by atoms with E-state index < -0.39 is 23.9 Å². The van der Waals surface area contributed by atoms with Gasteiger partial charge in [0.15, 0.2) is 0 Å². The van der Waals surface area contributed by atoms with E-state index in [0.29, 0.717) is 5.69 Å². The minimum atomic E-state index is -4.30. The van der Waals surface area contributed by atoms with Crippen LogP contribution >= 0.6 is 0 Å². The van der Waals surface area contributed by atoms with Gasteiger partial charge in [-0.1, -0.05) is 12.1 Å². The molecule has 0 saturated heterocycles. The molecule has 0 spiro atoms. The molecule has 1 aromatic carbocycles. The number of aryl methyl sites for hydroxylation is 1. The van der Waals surface area contributed by atoms with Crippen LogP contribution < -0.4 is 5.32 Å². The third-order valence-electron chi connectivity index (χ3n) is 3.99. The molecule has 1 N–H and O–H groups in total. The highest BCUT2D eigenvalue weighted by Crippen LogP contribution is 2.50. The van der Waals surface area contributed by atoms with Crippen molar-refractivity contribution in [3.8, 4) is 11.3 Å². The Bertz CT molecular complexity index is 728. The van der Waals surface area contributed by atoms with Crippen LogP contribution in [-0.2, 0) is 4.79 Å². The first-order chi connectivity index (χ1) is 10.9. The fourth-order valence-corrected chi connectivity index (χ4v) is 2.58. The lowest BCUT2D eigenvalue weighted by molar-refractivity contribution is -0.153. The normalized spacial score (nSPS) is 20.2. The quantitative estimate of drug-likeness (QED) is 0.921. The molecule has 1 heterocycles. The number of halogens is 3. The number of anilines is 1. The molecule has 1 unspecified atom stereocenters. The molecule has 2 aromatic rings. The Morgan fingerprint density at radius 2 is 2.04 bits per heavy atom. The largest absolute Gasteiger partial charge is 0.392 e. The van der Waals surface area contributed by atoms with Crippen LogP contribution in [0.15, 0.2) is 42.6 Å². The molecule has 120 valence electrons. The number of nitrogens with zero attached hydrogens (tertiary/aromatic N) is 1. The molecule has 1 fully saturated rings. The Kier molecular flexibility index (Phi) is 3.83. The molecule has 0 aliphatic heterocycles. The molecule has 0 radical (unpaired) electrons. The first kappa shape index (κ1) is 15.5. The van der Waals surface area contributed by atoms with Gasteiger partial charge in [0.1, 0.15) is 0 Å². The van der Waals surface area contributed by atoms with Crippen molar-refractivity contribution in [1.82, 2.24) is 4.98 Å². The summed E-state index contributed by atoms with van der Waals surface area (Å²) in [4.78, 5) is 16.2. The predicted molar refractivity (Wildman–Crippen MR) is 80.7 cm³/mol. The van der Waals surface area contributed by atoms with Crippen molar-refractivity contribution in [1.29, 1.82) is 0 Å². The summed E-state index contributed by atoms with van der Waals surface area (Å²) in [5.74, 6) is -3.07. The zero-order chi connectivity index (χ0) is 16.6. The van der Waals surface area contributed by atoms with Crippen molar-refractivity contribution in [2.45, 2.75) is 19.5 Å². The zero-order valence-corrected chi connectivity index (χ0v) is 12.4. The van der Waals surface area contributed by atoms with Gasteiger partial charge in [-0.05, 0) is 43.2 Å². The predicted octanol–water partition coefficient (Wildman–Crippen LogP) is 4.19. The highest BCUT2D eigenvalue weighted by molar-refractivity contribution is 5.95. The van der Waals surface area contributed by atoms with E-state index in [0.717, 1.165) is 16.8 Å². The number of aromatic nitrogens is 1. The summed E-state index contributed by atoms with van der Waals surface area (Å²) in [5.41, 5.74) is 3.04. The van der Waals surface area contributed by atoms with Crippen molar-refractivity contribution >= 4 is 11.6 Å². The number of carbonyl (C=O) groups is 1. The van der Waals surface area contributed by atoms with Crippen molar-refractivity contribution in [2.24, 2.45) is 11.8 Å². The van der Waals surface area contributed by atoms with Gasteiger partial charge in [-0.3, -0.25) is 9.78 Å². The summed E-state index contributed by atoms with van der Waals surface area (Å²) in [5, 5.41) is 2.58. The summed E-state index contributed by atoms with van der Waals surface area (Å²) in [6.45, 7) is 1.91. The standard InChI is InChI=1S/C17H15F3N2O/c1-10-5-6-11(8-12(10)15-4-2-3-7-21-15)22-16(23)13-9-14(13)17(18,19)20/h2-8,13-14H,9H2,1H3,(H,22,23)/t13-,14?/m1/s1. The molecule has 1 amide bonds. The lowest BCUT2D eigenvalue weighted by atomic mass is 10.0. The first-order valence-electron chi connectivity index (χ1n) is 7.26. The number of rotatable bonds is 3. The van der Waals surface area contributed by atoms with Crippen molar-refractivity contribution in [3.05, 3.63) is 48.2 Å². The SMILES string of the molecule is Cc1ccc(NC(=O)[C@@H]2CC2C(F)(F)F)cc1-c1ccccn1. The lowest BCUT2D eigenvalue weighted by Gasteiger charge is -2.10. The van der Waals surface area contributed by atoms with Gasteiger partial charge in [-0.15, -0.1) is 0 Å². The molecular weight excluding hydrogens is 305 g/mol. The fraction of sp³-hybridized carbons (Fsp3) is 0.294. The molecule has 3 rings (SSSR count). The number of carbonyl (C=O) groups excluding carboxylic acids is 1. The van der Waals surface area contributed by atoms with E-state index in [2.05, 4.69) is 10.3 Å². The Morgan fingerprint density at radius 1 is 1.26 bits per heavy atom. The molecule has 1 aromatic heterocycles. The van der Waals surface area contributed by atoms with E-state index in [1.54, 1.807) is 24.4 Å². The molecule has 1 aliphatic carbocycles. The third-order valence-corrected chi connectivity index (χ3v) is 3.99. The van der Waals surface area contributed by atoms with Gasteiger partial charge in [0.25, 0.3) is 0 Å². The van der Waals surface area contributed by atoms with Crippen LogP contribution in [0, 0.1) is 18.8 Å². The fourth-order valence-electron chi connectivity index (χ4n) is 2.58. The molecule has 2 atom stereocenters. The Labute approximate surface area is 131 Å². The lowest BCUT2D eigenvalue weighted by Crippen LogP contribution is -2.20. The van der Waals surface area contributed by atoms with Crippen molar-refractivity contribution in [3.63, 3.8) is 0 Å². The molecule has 3 nitrogen and oxygen atoms in total. The van der Waals surface area contributed by atoms with Crippen molar-refractivity contribution in [2.75, 3.05) is 5.32 Å². The van der Waals surface area contributed by atoms with E-state index in [4.69, 9.17) is 0 Å². The minimum absolute atomic E-state index is 0.131. The van der Waals surface area contributed by atoms with E-state index in [1.807, 2.05) is 25.1 Å². The smallest absolute Gasteiger partial charge is 0.326 e. The Hall–Kier alpha value is -2.37.